The Morgan fingerprint density at radius 1 is 1.53 bits per heavy atom. The molecule has 19 heavy (non-hydrogen) atoms. The Morgan fingerprint density at radius 2 is 2.47 bits per heavy atom. The molecule has 0 aliphatic carbocycles. The predicted octanol–water partition coefficient (Wildman–Crippen LogP) is 2.38. The molecule has 1 aliphatic heterocycles. The van der Waals surface area contributed by atoms with Gasteiger partial charge in [-0.3, -0.25) is 4.98 Å². The lowest BCUT2D eigenvalue weighted by atomic mass is 10.1. The number of nitrogen functional groups attached to an aromatic ring is 1. The van der Waals surface area contributed by atoms with Crippen LogP contribution in [0.3, 0.4) is 0 Å². The average Bonchev–Trinajstić information content (AvgIpc) is 3.07. The van der Waals surface area contributed by atoms with Gasteiger partial charge < -0.3 is 15.8 Å². The minimum absolute atomic E-state index is 0.296. The molecule has 0 bridgehead atoms. The van der Waals surface area contributed by atoms with Gasteiger partial charge in [-0.25, -0.2) is 0 Å². The van der Waals surface area contributed by atoms with Crippen LogP contribution in [-0.4, -0.2) is 28.6 Å². The summed E-state index contributed by atoms with van der Waals surface area (Å²) in [6.07, 6.45) is 6.11. The minimum Gasteiger partial charge on any atom is -0.382 e. The summed E-state index contributed by atoms with van der Waals surface area (Å²) in [4.78, 5) is 4.13. The molecule has 1 fully saturated rings. The molecule has 1 saturated heterocycles. The number of nitrogens with two attached hydrogens (primary N) is 1. The van der Waals surface area contributed by atoms with Crippen LogP contribution in [0, 0.1) is 0 Å². The average molecular weight is 276 g/mol. The molecule has 5 nitrogen and oxygen atoms in total. The fourth-order valence-corrected chi connectivity index (χ4v) is 2.97. The zero-order valence-electron chi connectivity index (χ0n) is 10.5. The second-order valence-electron chi connectivity index (χ2n) is 4.53. The second kappa shape index (κ2) is 5.54. The number of hydrogen-bond donors (Lipinski definition) is 2. The lowest BCUT2D eigenvalue weighted by Crippen LogP contribution is -2.18. The lowest BCUT2D eigenvalue weighted by molar-refractivity contribution is 0.120. The van der Waals surface area contributed by atoms with E-state index in [1.54, 1.807) is 12.4 Å². The maximum absolute atomic E-state index is 5.96. The molecule has 0 radical (unpaired) electrons. The highest BCUT2D eigenvalue weighted by atomic mass is 32.1. The number of rotatable bonds is 4. The largest absolute Gasteiger partial charge is 0.382 e. The van der Waals surface area contributed by atoms with E-state index in [2.05, 4.69) is 14.7 Å². The Hall–Kier alpha value is -1.66. The normalized spacial score (nSPS) is 18.6. The molecule has 6 heteroatoms. The topological polar surface area (TPSA) is 73.1 Å². The van der Waals surface area contributed by atoms with Gasteiger partial charge in [0, 0.05) is 31.1 Å². The van der Waals surface area contributed by atoms with Crippen molar-refractivity contribution in [1.82, 2.24) is 9.36 Å². The molecule has 3 heterocycles. The Balaban J connectivity index is 1.78. The van der Waals surface area contributed by atoms with Crippen LogP contribution in [0.4, 0.5) is 10.8 Å². The van der Waals surface area contributed by atoms with Gasteiger partial charge in [0.15, 0.2) is 0 Å². The Kier molecular flexibility index (Phi) is 3.61. The molecular formula is C13H16N4OS. The molecule has 1 unspecified atom stereocenters. The van der Waals surface area contributed by atoms with Crippen molar-refractivity contribution in [1.29, 1.82) is 0 Å². The van der Waals surface area contributed by atoms with E-state index < -0.39 is 0 Å². The van der Waals surface area contributed by atoms with Crippen LogP contribution >= 0.6 is 11.5 Å². The Bertz CT molecular complexity index is 537. The summed E-state index contributed by atoms with van der Waals surface area (Å²) in [5.41, 5.74) is 7.89. The number of nitrogens with zero attached hydrogens (tertiary/aromatic N) is 2. The smallest absolute Gasteiger partial charge is 0.147 e. The van der Waals surface area contributed by atoms with Crippen LogP contribution in [0.2, 0.25) is 0 Å². The van der Waals surface area contributed by atoms with Crippen LogP contribution in [-0.2, 0) is 4.74 Å². The van der Waals surface area contributed by atoms with Gasteiger partial charge in [0.2, 0.25) is 0 Å². The maximum atomic E-state index is 5.96. The predicted molar refractivity (Wildman–Crippen MR) is 77.2 cm³/mol. The van der Waals surface area contributed by atoms with Crippen LogP contribution in [0.15, 0.2) is 24.5 Å². The zero-order valence-corrected chi connectivity index (χ0v) is 11.3. The van der Waals surface area contributed by atoms with Crippen molar-refractivity contribution in [2.45, 2.75) is 18.9 Å². The van der Waals surface area contributed by atoms with E-state index in [4.69, 9.17) is 10.5 Å². The molecule has 0 spiro atoms. The van der Waals surface area contributed by atoms with Crippen LogP contribution < -0.4 is 11.1 Å². The highest BCUT2D eigenvalue weighted by Gasteiger charge is 2.18. The first-order valence-corrected chi connectivity index (χ1v) is 7.13. The Morgan fingerprint density at radius 3 is 3.21 bits per heavy atom. The summed E-state index contributed by atoms with van der Waals surface area (Å²) in [5.74, 6) is 0.549. The van der Waals surface area contributed by atoms with Crippen molar-refractivity contribution in [3.8, 4) is 11.1 Å². The first-order chi connectivity index (χ1) is 9.34. The van der Waals surface area contributed by atoms with Gasteiger partial charge >= 0.3 is 0 Å². The number of ether oxygens (including phenoxy) is 1. The third-order valence-corrected chi connectivity index (χ3v) is 4.00. The highest BCUT2D eigenvalue weighted by Crippen LogP contribution is 2.36. The summed E-state index contributed by atoms with van der Waals surface area (Å²) in [5, 5.41) is 4.38. The van der Waals surface area contributed by atoms with E-state index in [1.807, 2.05) is 12.1 Å². The van der Waals surface area contributed by atoms with Crippen LogP contribution in [0.1, 0.15) is 12.8 Å². The maximum Gasteiger partial charge on any atom is 0.147 e. The quantitative estimate of drug-likeness (QED) is 0.897. The Labute approximate surface area is 116 Å². The number of nitrogens with one attached hydrogen (secondary N) is 1. The van der Waals surface area contributed by atoms with Gasteiger partial charge in [-0.1, -0.05) is 6.07 Å². The molecular weight excluding hydrogens is 260 g/mol. The number of hydrogen-bond acceptors (Lipinski definition) is 6. The van der Waals surface area contributed by atoms with Gasteiger partial charge in [0.25, 0.3) is 0 Å². The molecule has 3 rings (SSSR count). The SMILES string of the molecule is Nc1nsc(NCC2CCCO2)c1-c1cccnc1. The fraction of sp³-hybridized carbons (Fsp3) is 0.385. The van der Waals surface area contributed by atoms with Gasteiger partial charge in [-0.2, -0.15) is 4.37 Å². The van der Waals surface area contributed by atoms with Crippen molar-refractivity contribution >= 4 is 22.4 Å². The molecule has 0 amide bonds. The van der Waals surface area contributed by atoms with Crippen molar-refractivity contribution in [2.75, 3.05) is 24.2 Å². The molecule has 2 aromatic rings. The number of aromatic nitrogens is 2. The molecule has 0 aromatic carbocycles. The molecule has 100 valence electrons. The van der Waals surface area contributed by atoms with E-state index >= 15 is 0 Å². The first-order valence-electron chi connectivity index (χ1n) is 6.35. The van der Waals surface area contributed by atoms with E-state index in [0.717, 1.165) is 42.1 Å². The van der Waals surface area contributed by atoms with Crippen molar-refractivity contribution in [2.24, 2.45) is 0 Å². The minimum atomic E-state index is 0.296. The van der Waals surface area contributed by atoms with Crippen LogP contribution in [0.5, 0.6) is 0 Å². The molecule has 0 saturated carbocycles. The van der Waals surface area contributed by atoms with Crippen molar-refractivity contribution < 1.29 is 4.74 Å². The fourth-order valence-electron chi connectivity index (χ4n) is 2.22. The zero-order chi connectivity index (χ0) is 13.1. The number of anilines is 2. The summed E-state index contributed by atoms with van der Waals surface area (Å²) >= 11 is 1.38. The highest BCUT2D eigenvalue weighted by molar-refractivity contribution is 7.11. The summed E-state index contributed by atoms with van der Waals surface area (Å²) in [6.45, 7) is 1.67. The van der Waals surface area contributed by atoms with E-state index in [0.29, 0.717) is 11.9 Å². The lowest BCUT2D eigenvalue weighted by Gasteiger charge is -2.11. The summed E-state index contributed by atoms with van der Waals surface area (Å²) in [6, 6.07) is 3.89. The summed E-state index contributed by atoms with van der Waals surface area (Å²) < 4.78 is 9.83. The van der Waals surface area contributed by atoms with Crippen LogP contribution in [0.25, 0.3) is 11.1 Å². The van der Waals surface area contributed by atoms with E-state index in [9.17, 15) is 0 Å². The van der Waals surface area contributed by atoms with Gasteiger partial charge in [0.05, 0.1) is 11.7 Å². The third kappa shape index (κ3) is 2.69. The van der Waals surface area contributed by atoms with Gasteiger partial charge in [-0.15, -0.1) is 0 Å². The van der Waals surface area contributed by atoms with Gasteiger partial charge in [0.1, 0.15) is 10.8 Å². The van der Waals surface area contributed by atoms with E-state index in [1.165, 1.54) is 11.5 Å². The monoisotopic (exact) mass is 276 g/mol. The third-order valence-electron chi connectivity index (χ3n) is 3.18. The molecule has 1 aliphatic rings. The molecule has 1 atom stereocenters. The molecule has 3 N–H and O–H groups in total. The number of pyridine rings is 1. The van der Waals surface area contributed by atoms with Crippen molar-refractivity contribution in [3.63, 3.8) is 0 Å². The van der Waals surface area contributed by atoms with Gasteiger partial charge in [-0.05, 0) is 30.4 Å². The van der Waals surface area contributed by atoms with E-state index in [-0.39, 0.29) is 0 Å². The van der Waals surface area contributed by atoms with Crippen molar-refractivity contribution in [3.05, 3.63) is 24.5 Å². The summed E-state index contributed by atoms with van der Waals surface area (Å²) in [7, 11) is 0. The second-order valence-corrected chi connectivity index (χ2v) is 5.30. The standard InChI is InChI=1S/C13H16N4OS/c14-12-11(9-3-1-5-15-7-9)13(19-17-12)16-8-10-4-2-6-18-10/h1,3,5,7,10,16H,2,4,6,8H2,(H2,14,17). The molecule has 2 aromatic heterocycles. The first kappa shape index (κ1) is 12.4.